The van der Waals surface area contributed by atoms with Gasteiger partial charge in [0.2, 0.25) is 0 Å². The standard InChI is InChI=1S/C10H11N3/c1-3-11-9-6-13-10-8(7(9)2)4-5-12-10/h3-6H,1-2H3,(H,12,13). The van der Waals surface area contributed by atoms with E-state index in [1.807, 2.05) is 19.2 Å². The molecule has 3 nitrogen and oxygen atoms in total. The lowest BCUT2D eigenvalue weighted by Crippen LogP contribution is -1.81. The fraction of sp³-hybridized carbons (Fsp3) is 0.200. The van der Waals surface area contributed by atoms with Gasteiger partial charge in [0.15, 0.2) is 0 Å². The number of pyridine rings is 1. The molecule has 66 valence electrons. The molecule has 2 rings (SSSR count). The number of rotatable bonds is 1. The highest BCUT2D eigenvalue weighted by Gasteiger charge is 2.02. The molecule has 0 aromatic carbocycles. The molecule has 13 heavy (non-hydrogen) atoms. The number of aromatic nitrogens is 2. The molecule has 0 atom stereocenters. The summed E-state index contributed by atoms with van der Waals surface area (Å²) in [4.78, 5) is 11.6. The number of hydrogen-bond acceptors (Lipinski definition) is 2. The molecule has 2 heterocycles. The van der Waals surface area contributed by atoms with Gasteiger partial charge in [0.1, 0.15) is 5.65 Å². The van der Waals surface area contributed by atoms with Crippen molar-refractivity contribution in [2.45, 2.75) is 13.8 Å². The maximum atomic E-state index is 4.25. The van der Waals surface area contributed by atoms with Crippen molar-refractivity contribution in [3.63, 3.8) is 0 Å². The smallest absolute Gasteiger partial charge is 0.137 e. The molecule has 2 aromatic heterocycles. The van der Waals surface area contributed by atoms with Crippen LogP contribution in [0.15, 0.2) is 23.5 Å². The Kier molecular flexibility index (Phi) is 1.85. The van der Waals surface area contributed by atoms with Crippen LogP contribution in [0, 0.1) is 6.92 Å². The van der Waals surface area contributed by atoms with E-state index in [2.05, 4.69) is 21.9 Å². The summed E-state index contributed by atoms with van der Waals surface area (Å²) in [6.45, 7) is 3.96. The Hall–Kier alpha value is -1.64. The minimum absolute atomic E-state index is 0.924. The van der Waals surface area contributed by atoms with Crippen molar-refractivity contribution in [3.8, 4) is 0 Å². The van der Waals surface area contributed by atoms with Crippen molar-refractivity contribution < 1.29 is 0 Å². The average Bonchev–Trinajstić information content (AvgIpc) is 2.58. The molecule has 0 fully saturated rings. The lowest BCUT2D eigenvalue weighted by Gasteiger charge is -1.99. The minimum Gasteiger partial charge on any atom is -0.346 e. The van der Waals surface area contributed by atoms with Crippen molar-refractivity contribution in [1.82, 2.24) is 9.97 Å². The van der Waals surface area contributed by atoms with E-state index in [1.54, 1.807) is 12.4 Å². The van der Waals surface area contributed by atoms with Crippen LogP contribution in [0.2, 0.25) is 0 Å². The Balaban J connectivity index is 2.73. The van der Waals surface area contributed by atoms with Crippen molar-refractivity contribution >= 4 is 22.9 Å². The van der Waals surface area contributed by atoms with Crippen molar-refractivity contribution in [2.24, 2.45) is 4.99 Å². The minimum atomic E-state index is 0.924. The quantitative estimate of drug-likeness (QED) is 0.661. The summed E-state index contributed by atoms with van der Waals surface area (Å²) in [6, 6.07) is 2.02. The van der Waals surface area contributed by atoms with Gasteiger partial charge >= 0.3 is 0 Å². The maximum Gasteiger partial charge on any atom is 0.137 e. The number of fused-ring (bicyclic) bond motifs is 1. The van der Waals surface area contributed by atoms with Crippen LogP contribution in [0.4, 0.5) is 5.69 Å². The number of aromatic amines is 1. The predicted octanol–water partition coefficient (Wildman–Crippen LogP) is 2.59. The van der Waals surface area contributed by atoms with Gasteiger partial charge in [0.25, 0.3) is 0 Å². The SMILES string of the molecule is CC=Nc1cnc2[nH]ccc2c1C. The number of nitrogens with one attached hydrogen (secondary N) is 1. The Morgan fingerprint density at radius 2 is 2.38 bits per heavy atom. The fourth-order valence-electron chi connectivity index (χ4n) is 1.40. The first-order valence-electron chi connectivity index (χ1n) is 4.24. The van der Waals surface area contributed by atoms with Crippen molar-refractivity contribution in [1.29, 1.82) is 0 Å². The highest BCUT2D eigenvalue weighted by atomic mass is 14.9. The molecule has 0 aliphatic rings. The normalized spacial score (nSPS) is 11.5. The van der Waals surface area contributed by atoms with E-state index < -0.39 is 0 Å². The number of aryl methyl sites for hydroxylation is 1. The number of hydrogen-bond donors (Lipinski definition) is 1. The van der Waals surface area contributed by atoms with Crippen LogP contribution in [0.1, 0.15) is 12.5 Å². The van der Waals surface area contributed by atoms with Crippen molar-refractivity contribution in [3.05, 3.63) is 24.0 Å². The van der Waals surface area contributed by atoms with E-state index in [0.29, 0.717) is 0 Å². The number of aliphatic imine (C=N–C) groups is 1. The first kappa shape index (κ1) is 7.98. The van der Waals surface area contributed by atoms with E-state index >= 15 is 0 Å². The molecule has 2 aromatic rings. The Bertz CT molecular complexity index is 454. The Labute approximate surface area is 76.5 Å². The van der Waals surface area contributed by atoms with Gasteiger partial charge in [-0.3, -0.25) is 4.99 Å². The Morgan fingerprint density at radius 1 is 1.54 bits per heavy atom. The summed E-state index contributed by atoms with van der Waals surface area (Å²) in [5.74, 6) is 0. The second-order valence-electron chi connectivity index (χ2n) is 2.90. The zero-order chi connectivity index (χ0) is 9.26. The summed E-state index contributed by atoms with van der Waals surface area (Å²) in [6.07, 6.45) is 5.46. The molecule has 0 unspecified atom stereocenters. The number of nitrogens with zero attached hydrogens (tertiary/aromatic N) is 2. The van der Waals surface area contributed by atoms with Gasteiger partial charge in [-0.2, -0.15) is 0 Å². The van der Waals surface area contributed by atoms with Gasteiger partial charge in [-0.25, -0.2) is 4.98 Å². The molecule has 0 saturated heterocycles. The van der Waals surface area contributed by atoms with Crippen LogP contribution in [-0.4, -0.2) is 16.2 Å². The second-order valence-corrected chi connectivity index (χ2v) is 2.90. The second kappa shape index (κ2) is 3.01. The molecule has 0 amide bonds. The highest BCUT2D eigenvalue weighted by molar-refractivity contribution is 5.84. The third kappa shape index (κ3) is 1.22. The van der Waals surface area contributed by atoms with Crippen LogP contribution >= 0.6 is 0 Å². The van der Waals surface area contributed by atoms with Gasteiger partial charge in [-0.15, -0.1) is 0 Å². The molecule has 3 heteroatoms. The molecular formula is C10H11N3. The Morgan fingerprint density at radius 3 is 3.15 bits per heavy atom. The monoisotopic (exact) mass is 173 g/mol. The molecule has 0 spiro atoms. The first-order chi connectivity index (χ1) is 6.33. The summed E-state index contributed by atoms with van der Waals surface area (Å²) >= 11 is 0. The lowest BCUT2D eigenvalue weighted by atomic mass is 10.2. The molecule has 0 aliphatic carbocycles. The topological polar surface area (TPSA) is 41.0 Å². The maximum absolute atomic E-state index is 4.25. The van der Waals surface area contributed by atoms with Crippen molar-refractivity contribution in [2.75, 3.05) is 0 Å². The average molecular weight is 173 g/mol. The van der Waals surface area contributed by atoms with Gasteiger partial charge in [-0.1, -0.05) is 0 Å². The zero-order valence-corrected chi connectivity index (χ0v) is 7.70. The first-order valence-corrected chi connectivity index (χ1v) is 4.24. The molecule has 0 aliphatic heterocycles. The van der Waals surface area contributed by atoms with E-state index in [4.69, 9.17) is 0 Å². The van der Waals surface area contributed by atoms with Crippen LogP contribution < -0.4 is 0 Å². The highest BCUT2D eigenvalue weighted by Crippen LogP contribution is 2.24. The summed E-state index contributed by atoms with van der Waals surface area (Å²) in [5.41, 5.74) is 3.03. The van der Waals surface area contributed by atoms with Crippen LogP contribution in [0.5, 0.6) is 0 Å². The number of H-pyrrole nitrogens is 1. The molecule has 1 N–H and O–H groups in total. The fourth-order valence-corrected chi connectivity index (χ4v) is 1.40. The van der Waals surface area contributed by atoms with E-state index in [0.717, 1.165) is 16.7 Å². The molecule has 0 bridgehead atoms. The van der Waals surface area contributed by atoms with Gasteiger partial charge in [0, 0.05) is 17.8 Å². The lowest BCUT2D eigenvalue weighted by molar-refractivity contribution is 1.29. The van der Waals surface area contributed by atoms with Crippen LogP contribution in [-0.2, 0) is 0 Å². The zero-order valence-electron chi connectivity index (χ0n) is 7.70. The summed E-state index contributed by atoms with van der Waals surface area (Å²) in [5, 5.41) is 1.14. The molecule has 0 saturated carbocycles. The van der Waals surface area contributed by atoms with Gasteiger partial charge < -0.3 is 4.98 Å². The summed E-state index contributed by atoms with van der Waals surface area (Å²) < 4.78 is 0. The van der Waals surface area contributed by atoms with E-state index in [1.165, 1.54) is 5.56 Å². The predicted molar refractivity (Wildman–Crippen MR) is 54.7 cm³/mol. The van der Waals surface area contributed by atoms with E-state index in [9.17, 15) is 0 Å². The van der Waals surface area contributed by atoms with Crippen LogP contribution in [0.3, 0.4) is 0 Å². The summed E-state index contributed by atoms with van der Waals surface area (Å²) in [7, 11) is 0. The van der Waals surface area contributed by atoms with Gasteiger partial charge in [0.05, 0.1) is 11.9 Å². The van der Waals surface area contributed by atoms with Crippen LogP contribution in [0.25, 0.3) is 11.0 Å². The molecule has 0 radical (unpaired) electrons. The van der Waals surface area contributed by atoms with Gasteiger partial charge in [-0.05, 0) is 25.5 Å². The largest absolute Gasteiger partial charge is 0.346 e. The molecular weight excluding hydrogens is 162 g/mol. The van der Waals surface area contributed by atoms with E-state index in [-0.39, 0.29) is 0 Å². The third-order valence-corrected chi connectivity index (χ3v) is 2.10. The third-order valence-electron chi connectivity index (χ3n) is 2.10.